The summed E-state index contributed by atoms with van der Waals surface area (Å²) in [6.07, 6.45) is 0. The van der Waals surface area contributed by atoms with Gasteiger partial charge in [-0.3, -0.25) is 0 Å². The second-order valence-electron chi connectivity index (χ2n) is 3.97. The van der Waals surface area contributed by atoms with Crippen molar-refractivity contribution in [1.82, 2.24) is 0 Å². The number of rotatable bonds is 4. The lowest BCUT2D eigenvalue weighted by atomic mass is 10.2. The van der Waals surface area contributed by atoms with Gasteiger partial charge < -0.3 is 8.92 Å². The molecule has 0 N–H and O–H groups in total. The third-order valence-corrected chi connectivity index (χ3v) is 4.15. The van der Waals surface area contributed by atoms with Crippen molar-refractivity contribution < 1.29 is 17.3 Å². The van der Waals surface area contributed by atoms with E-state index in [9.17, 15) is 8.42 Å². The molecule has 0 radical (unpaired) electrons. The highest BCUT2D eigenvalue weighted by Crippen LogP contribution is 2.28. The third-order valence-electron chi connectivity index (χ3n) is 2.61. The Morgan fingerprint density at radius 1 is 1.14 bits per heavy atom. The zero-order chi connectivity index (χ0) is 15.5. The molecule has 0 atom stereocenters. The fraction of sp³-hybridized carbons (Fsp3) is 0.0714. The van der Waals surface area contributed by atoms with Crippen LogP contribution in [0.2, 0.25) is 5.02 Å². The van der Waals surface area contributed by atoms with E-state index in [-0.39, 0.29) is 15.7 Å². The van der Waals surface area contributed by atoms with Crippen molar-refractivity contribution in [3.05, 3.63) is 53.1 Å². The Morgan fingerprint density at radius 3 is 2.33 bits per heavy atom. The summed E-state index contributed by atoms with van der Waals surface area (Å²) in [5.74, 6) is 0.497. The number of hydrogen-bond acceptors (Lipinski definition) is 5. The van der Waals surface area contributed by atoms with E-state index in [0.29, 0.717) is 11.3 Å². The molecule has 0 aromatic heterocycles. The van der Waals surface area contributed by atoms with Gasteiger partial charge in [0.2, 0.25) is 0 Å². The summed E-state index contributed by atoms with van der Waals surface area (Å²) < 4.78 is 34.2. The summed E-state index contributed by atoms with van der Waals surface area (Å²) in [4.78, 5) is -0.0243. The van der Waals surface area contributed by atoms with Gasteiger partial charge in [-0.15, -0.1) is 0 Å². The number of halogens is 1. The van der Waals surface area contributed by atoms with Crippen LogP contribution >= 0.6 is 11.6 Å². The molecule has 0 saturated heterocycles. The van der Waals surface area contributed by atoms with Crippen LogP contribution in [0, 0.1) is 11.3 Å². The van der Waals surface area contributed by atoms with Gasteiger partial charge in [-0.25, -0.2) is 0 Å². The van der Waals surface area contributed by atoms with E-state index in [1.54, 1.807) is 0 Å². The van der Waals surface area contributed by atoms with Crippen LogP contribution < -0.4 is 8.92 Å². The number of nitrogens with zero attached hydrogens (tertiary/aromatic N) is 1. The molecule has 5 nitrogen and oxygen atoms in total. The molecule has 0 aliphatic rings. The van der Waals surface area contributed by atoms with Gasteiger partial charge in [-0.05, 0) is 42.5 Å². The van der Waals surface area contributed by atoms with Crippen molar-refractivity contribution in [3.8, 4) is 17.6 Å². The highest BCUT2D eigenvalue weighted by atomic mass is 35.5. The lowest BCUT2D eigenvalue weighted by Gasteiger charge is -2.09. The van der Waals surface area contributed by atoms with Crippen LogP contribution in [0.3, 0.4) is 0 Å². The van der Waals surface area contributed by atoms with E-state index in [4.69, 9.17) is 25.8 Å². The smallest absolute Gasteiger partial charge is 0.339 e. The largest absolute Gasteiger partial charge is 0.497 e. The molecule has 0 heterocycles. The maximum atomic E-state index is 12.1. The van der Waals surface area contributed by atoms with E-state index < -0.39 is 10.1 Å². The molecule has 7 heteroatoms. The first-order valence-corrected chi connectivity index (χ1v) is 7.53. The van der Waals surface area contributed by atoms with E-state index >= 15 is 0 Å². The fourth-order valence-electron chi connectivity index (χ4n) is 1.55. The van der Waals surface area contributed by atoms with Gasteiger partial charge in [-0.1, -0.05) is 11.6 Å². The molecule has 108 valence electrons. The van der Waals surface area contributed by atoms with Gasteiger partial charge >= 0.3 is 10.1 Å². The summed E-state index contributed by atoms with van der Waals surface area (Å²) in [5, 5.41) is 8.78. The maximum Gasteiger partial charge on any atom is 0.339 e. The minimum Gasteiger partial charge on any atom is -0.497 e. The summed E-state index contributed by atoms with van der Waals surface area (Å²) in [6.45, 7) is 0. The molecule has 2 aromatic rings. The first-order chi connectivity index (χ1) is 9.96. The molecular formula is C14H10ClNO4S. The van der Waals surface area contributed by atoms with Crippen LogP contribution in [0.4, 0.5) is 0 Å². The van der Waals surface area contributed by atoms with E-state index in [1.807, 2.05) is 6.07 Å². The predicted octanol–water partition coefficient (Wildman–Crippen LogP) is 2.99. The van der Waals surface area contributed by atoms with Crippen molar-refractivity contribution in [2.24, 2.45) is 0 Å². The van der Waals surface area contributed by atoms with Gasteiger partial charge in [0.15, 0.2) is 5.75 Å². The first-order valence-electron chi connectivity index (χ1n) is 5.74. The first kappa shape index (κ1) is 15.2. The van der Waals surface area contributed by atoms with Crippen molar-refractivity contribution in [2.45, 2.75) is 4.90 Å². The van der Waals surface area contributed by atoms with Gasteiger partial charge in [0.25, 0.3) is 0 Å². The monoisotopic (exact) mass is 323 g/mol. The molecular weight excluding hydrogens is 314 g/mol. The molecule has 0 amide bonds. The lowest BCUT2D eigenvalue weighted by molar-refractivity contribution is 0.414. The Labute approximate surface area is 127 Å². The second kappa shape index (κ2) is 6.04. The van der Waals surface area contributed by atoms with Crippen molar-refractivity contribution >= 4 is 21.7 Å². The summed E-state index contributed by atoms with van der Waals surface area (Å²) >= 11 is 5.89. The van der Waals surface area contributed by atoms with Gasteiger partial charge in [0.1, 0.15) is 10.6 Å². The Bertz CT molecular complexity index is 795. The average Bonchev–Trinajstić information content (AvgIpc) is 2.49. The highest BCUT2D eigenvalue weighted by Gasteiger charge is 2.18. The van der Waals surface area contributed by atoms with Crippen molar-refractivity contribution in [2.75, 3.05) is 7.11 Å². The molecule has 0 fully saturated rings. The Hall–Kier alpha value is -2.23. The molecule has 0 unspecified atom stereocenters. The number of hydrogen-bond donors (Lipinski definition) is 0. The number of ether oxygens (including phenoxy) is 1. The van der Waals surface area contributed by atoms with Crippen LogP contribution in [0.15, 0.2) is 47.4 Å². The van der Waals surface area contributed by atoms with E-state index in [0.717, 1.165) is 0 Å². The summed E-state index contributed by atoms with van der Waals surface area (Å²) in [7, 11) is -2.52. The molecule has 2 aromatic carbocycles. The van der Waals surface area contributed by atoms with Crippen LogP contribution in [0.5, 0.6) is 11.5 Å². The molecule has 0 aliphatic carbocycles. The number of nitriles is 1. The highest BCUT2D eigenvalue weighted by molar-refractivity contribution is 7.87. The standard InChI is InChI=1S/C14H10ClNO4S/c1-19-11-3-5-12(6-4-11)21(17,18)20-14-7-2-10(9-16)8-13(14)15/h2-8H,1H3. The van der Waals surface area contributed by atoms with Crippen LogP contribution in [-0.2, 0) is 10.1 Å². The Kier molecular flexibility index (Phi) is 4.36. The number of benzene rings is 2. The second-order valence-corrected chi connectivity index (χ2v) is 5.92. The molecule has 2 rings (SSSR count). The van der Waals surface area contributed by atoms with Crippen molar-refractivity contribution in [3.63, 3.8) is 0 Å². The fourth-order valence-corrected chi connectivity index (χ4v) is 2.76. The third kappa shape index (κ3) is 3.45. The predicted molar refractivity (Wildman–Crippen MR) is 77.0 cm³/mol. The quantitative estimate of drug-likeness (QED) is 0.808. The molecule has 0 bridgehead atoms. The van der Waals surface area contributed by atoms with E-state index in [2.05, 4.69) is 0 Å². The number of methoxy groups -OCH3 is 1. The maximum absolute atomic E-state index is 12.1. The van der Waals surface area contributed by atoms with Crippen LogP contribution in [0.25, 0.3) is 0 Å². The van der Waals surface area contributed by atoms with Gasteiger partial charge in [-0.2, -0.15) is 13.7 Å². The zero-order valence-electron chi connectivity index (χ0n) is 10.9. The van der Waals surface area contributed by atoms with Gasteiger partial charge in [0, 0.05) is 0 Å². The SMILES string of the molecule is COc1ccc(S(=O)(=O)Oc2ccc(C#N)cc2Cl)cc1. The molecule has 0 aliphatic heterocycles. The normalized spacial score (nSPS) is 10.7. The van der Waals surface area contributed by atoms with Crippen LogP contribution in [-0.4, -0.2) is 15.5 Å². The lowest BCUT2D eigenvalue weighted by Crippen LogP contribution is -2.10. The van der Waals surface area contributed by atoms with E-state index in [1.165, 1.54) is 49.6 Å². The van der Waals surface area contributed by atoms with Crippen LogP contribution in [0.1, 0.15) is 5.56 Å². The Balaban J connectivity index is 2.30. The minimum absolute atomic E-state index is 0.0243. The minimum atomic E-state index is -4.00. The zero-order valence-corrected chi connectivity index (χ0v) is 12.5. The Morgan fingerprint density at radius 2 is 1.81 bits per heavy atom. The molecule has 0 spiro atoms. The summed E-state index contributed by atoms with van der Waals surface area (Å²) in [5.41, 5.74) is 0.314. The van der Waals surface area contributed by atoms with Gasteiger partial charge in [0.05, 0.1) is 23.8 Å². The average molecular weight is 324 g/mol. The summed E-state index contributed by atoms with van der Waals surface area (Å²) in [6, 6.07) is 11.7. The topological polar surface area (TPSA) is 76.4 Å². The van der Waals surface area contributed by atoms with Crippen molar-refractivity contribution in [1.29, 1.82) is 5.26 Å². The molecule has 0 saturated carbocycles. The molecule has 21 heavy (non-hydrogen) atoms.